The third-order valence-electron chi connectivity index (χ3n) is 5.27. The van der Waals surface area contributed by atoms with E-state index in [0.29, 0.717) is 12.2 Å². The molecule has 3 heterocycles. The quantitative estimate of drug-likeness (QED) is 0.865. The summed E-state index contributed by atoms with van der Waals surface area (Å²) >= 11 is 0. The number of ether oxygens (including phenoxy) is 1. The van der Waals surface area contributed by atoms with Crippen LogP contribution in [0.4, 0.5) is 0 Å². The average molecular weight is 335 g/mol. The first-order valence-corrected chi connectivity index (χ1v) is 9.13. The van der Waals surface area contributed by atoms with Crippen molar-refractivity contribution >= 4 is 5.91 Å². The minimum Gasteiger partial charge on any atom is -0.381 e. The largest absolute Gasteiger partial charge is 0.381 e. The van der Waals surface area contributed by atoms with E-state index in [1.54, 1.807) is 6.07 Å². The lowest BCUT2D eigenvalue weighted by Crippen LogP contribution is -2.48. The number of carbonyl (C=O) groups is 1. The van der Waals surface area contributed by atoms with Crippen molar-refractivity contribution in [2.45, 2.75) is 45.4 Å². The number of rotatable bonds is 6. The third-order valence-corrected chi connectivity index (χ3v) is 5.27. The van der Waals surface area contributed by atoms with Gasteiger partial charge in [-0.2, -0.15) is 0 Å². The number of nitrogens with one attached hydrogen (secondary N) is 1. The molecule has 0 aromatic carbocycles. The molecule has 134 valence electrons. The van der Waals surface area contributed by atoms with Gasteiger partial charge in [-0.05, 0) is 38.8 Å². The van der Waals surface area contributed by atoms with Crippen molar-refractivity contribution in [1.82, 2.24) is 15.4 Å². The van der Waals surface area contributed by atoms with Gasteiger partial charge in [0.05, 0.1) is 0 Å². The molecule has 2 saturated heterocycles. The highest BCUT2D eigenvalue weighted by Crippen LogP contribution is 2.32. The molecule has 0 aliphatic carbocycles. The van der Waals surface area contributed by atoms with Crippen LogP contribution < -0.4 is 5.32 Å². The van der Waals surface area contributed by atoms with Gasteiger partial charge in [-0.25, -0.2) is 0 Å². The maximum Gasteiger partial charge on any atom is 0.273 e. The second-order valence-electron chi connectivity index (χ2n) is 7.55. The summed E-state index contributed by atoms with van der Waals surface area (Å²) < 4.78 is 10.8. The van der Waals surface area contributed by atoms with E-state index < -0.39 is 0 Å². The highest BCUT2D eigenvalue weighted by Gasteiger charge is 2.35. The summed E-state index contributed by atoms with van der Waals surface area (Å²) in [5, 5.41) is 7.00. The summed E-state index contributed by atoms with van der Waals surface area (Å²) in [6, 6.07) is 1.75. The lowest BCUT2D eigenvalue weighted by atomic mass is 9.79. The minimum absolute atomic E-state index is 0.114. The SMILES string of the molecule is CC(C)c1cc(C(=O)NCC2(CN3CCCC3)CCOCC2)no1. The van der Waals surface area contributed by atoms with E-state index >= 15 is 0 Å². The number of hydrogen-bond donors (Lipinski definition) is 1. The van der Waals surface area contributed by atoms with Crippen molar-refractivity contribution in [2.75, 3.05) is 39.4 Å². The van der Waals surface area contributed by atoms with Crippen LogP contribution in [0.3, 0.4) is 0 Å². The molecule has 0 atom stereocenters. The van der Waals surface area contributed by atoms with Crippen molar-refractivity contribution < 1.29 is 14.1 Å². The Balaban J connectivity index is 1.60. The Kier molecular flexibility index (Phi) is 5.56. The predicted molar refractivity (Wildman–Crippen MR) is 91.1 cm³/mol. The van der Waals surface area contributed by atoms with Gasteiger partial charge in [-0.3, -0.25) is 4.79 Å². The summed E-state index contributed by atoms with van der Waals surface area (Å²) in [5.41, 5.74) is 0.491. The van der Waals surface area contributed by atoms with Gasteiger partial charge in [0.15, 0.2) is 5.69 Å². The molecule has 24 heavy (non-hydrogen) atoms. The van der Waals surface area contributed by atoms with Gasteiger partial charge in [0.1, 0.15) is 5.76 Å². The zero-order valence-corrected chi connectivity index (χ0v) is 14.8. The fourth-order valence-electron chi connectivity index (χ4n) is 3.64. The highest BCUT2D eigenvalue weighted by atomic mass is 16.5. The van der Waals surface area contributed by atoms with Crippen LogP contribution in [-0.2, 0) is 4.74 Å². The molecule has 1 amide bonds. The molecular formula is C18H29N3O3. The number of amides is 1. The first-order valence-electron chi connectivity index (χ1n) is 9.13. The van der Waals surface area contributed by atoms with Crippen LogP contribution in [0.5, 0.6) is 0 Å². The molecule has 2 aliphatic rings. The first kappa shape index (κ1) is 17.4. The molecule has 2 fully saturated rings. The molecule has 0 saturated carbocycles. The van der Waals surface area contributed by atoms with Gasteiger partial charge in [-0.1, -0.05) is 19.0 Å². The Morgan fingerprint density at radius 1 is 1.33 bits per heavy atom. The molecular weight excluding hydrogens is 306 g/mol. The molecule has 3 rings (SSSR count). The van der Waals surface area contributed by atoms with E-state index in [9.17, 15) is 4.79 Å². The maximum atomic E-state index is 12.4. The van der Waals surface area contributed by atoms with Gasteiger partial charge >= 0.3 is 0 Å². The lowest BCUT2D eigenvalue weighted by molar-refractivity contribution is -0.000670. The van der Waals surface area contributed by atoms with Gasteiger partial charge in [0, 0.05) is 43.7 Å². The second-order valence-corrected chi connectivity index (χ2v) is 7.55. The fraction of sp³-hybridized carbons (Fsp3) is 0.778. The van der Waals surface area contributed by atoms with Crippen LogP contribution in [-0.4, -0.2) is 55.4 Å². The number of aromatic nitrogens is 1. The van der Waals surface area contributed by atoms with Gasteiger partial charge in [0.25, 0.3) is 5.91 Å². The van der Waals surface area contributed by atoms with Gasteiger partial charge < -0.3 is 19.5 Å². The van der Waals surface area contributed by atoms with Crippen molar-refractivity contribution in [2.24, 2.45) is 5.41 Å². The van der Waals surface area contributed by atoms with Crippen molar-refractivity contribution in [3.63, 3.8) is 0 Å². The Bertz CT molecular complexity index is 543. The monoisotopic (exact) mass is 335 g/mol. The molecule has 6 nitrogen and oxygen atoms in total. The number of hydrogen-bond acceptors (Lipinski definition) is 5. The summed E-state index contributed by atoms with van der Waals surface area (Å²) in [7, 11) is 0. The van der Waals surface area contributed by atoms with Crippen LogP contribution in [0.2, 0.25) is 0 Å². The Hall–Kier alpha value is -1.40. The van der Waals surface area contributed by atoms with Crippen molar-refractivity contribution in [3.05, 3.63) is 17.5 Å². The molecule has 1 aromatic heterocycles. The Labute approximate surface area is 143 Å². The fourth-order valence-corrected chi connectivity index (χ4v) is 3.64. The summed E-state index contributed by atoms with van der Waals surface area (Å²) in [6.07, 6.45) is 4.57. The summed E-state index contributed by atoms with van der Waals surface area (Å²) in [6.45, 7) is 9.69. The Morgan fingerprint density at radius 2 is 2.04 bits per heavy atom. The second kappa shape index (κ2) is 7.66. The van der Waals surface area contributed by atoms with E-state index in [0.717, 1.165) is 38.4 Å². The maximum absolute atomic E-state index is 12.4. The standard InChI is InChI=1S/C18H29N3O3/c1-14(2)16-11-15(20-24-16)17(22)19-12-18(5-9-23-10-6-18)13-21-7-3-4-8-21/h11,14H,3-10,12-13H2,1-2H3,(H,19,22). The molecule has 0 bridgehead atoms. The number of nitrogens with zero attached hydrogens (tertiary/aromatic N) is 2. The number of likely N-dealkylation sites (tertiary alicyclic amines) is 1. The number of carbonyl (C=O) groups excluding carboxylic acids is 1. The van der Waals surface area contributed by atoms with Crippen molar-refractivity contribution in [1.29, 1.82) is 0 Å². The normalized spacial score (nSPS) is 21.3. The zero-order valence-electron chi connectivity index (χ0n) is 14.8. The van der Waals surface area contributed by atoms with E-state index in [1.165, 1.54) is 25.9 Å². The topological polar surface area (TPSA) is 67.6 Å². The van der Waals surface area contributed by atoms with E-state index in [1.807, 2.05) is 13.8 Å². The first-order chi connectivity index (χ1) is 11.6. The van der Waals surface area contributed by atoms with Gasteiger partial charge in [-0.15, -0.1) is 0 Å². The molecule has 1 aromatic rings. The smallest absolute Gasteiger partial charge is 0.273 e. The summed E-state index contributed by atoms with van der Waals surface area (Å²) in [5.74, 6) is 0.840. The van der Waals surface area contributed by atoms with Crippen LogP contribution >= 0.6 is 0 Å². The molecule has 0 unspecified atom stereocenters. The molecule has 0 radical (unpaired) electrons. The molecule has 6 heteroatoms. The van der Waals surface area contributed by atoms with Crippen LogP contribution in [0.25, 0.3) is 0 Å². The average Bonchev–Trinajstić information content (AvgIpc) is 3.25. The molecule has 0 spiro atoms. The van der Waals surface area contributed by atoms with Crippen LogP contribution in [0, 0.1) is 5.41 Å². The third kappa shape index (κ3) is 4.16. The highest BCUT2D eigenvalue weighted by molar-refractivity contribution is 5.92. The van der Waals surface area contributed by atoms with Gasteiger partial charge in [0.2, 0.25) is 0 Å². The summed E-state index contributed by atoms with van der Waals surface area (Å²) in [4.78, 5) is 15.0. The van der Waals surface area contributed by atoms with E-state index in [2.05, 4.69) is 15.4 Å². The zero-order chi connectivity index (χ0) is 17.0. The van der Waals surface area contributed by atoms with Crippen molar-refractivity contribution in [3.8, 4) is 0 Å². The molecule has 2 aliphatic heterocycles. The lowest BCUT2D eigenvalue weighted by Gasteiger charge is -2.40. The molecule has 1 N–H and O–H groups in total. The van der Waals surface area contributed by atoms with Crippen LogP contribution in [0.15, 0.2) is 10.6 Å². The van der Waals surface area contributed by atoms with E-state index in [4.69, 9.17) is 9.26 Å². The van der Waals surface area contributed by atoms with E-state index in [-0.39, 0.29) is 17.2 Å². The Morgan fingerprint density at radius 3 is 2.67 bits per heavy atom. The van der Waals surface area contributed by atoms with Crippen LogP contribution in [0.1, 0.15) is 61.7 Å². The predicted octanol–water partition coefficient (Wildman–Crippen LogP) is 2.42. The minimum atomic E-state index is -0.141.